The number of piperidine rings is 1. The first-order chi connectivity index (χ1) is 13.1. The van der Waals surface area contributed by atoms with E-state index in [1.807, 2.05) is 30.0 Å². The molecule has 1 amide bonds. The molecule has 1 aromatic carbocycles. The van der Waals surface area contributed by atoms with Gasteiger partial charge in [-0.25, -0.2) is 4.68 Å². The number of nitrogens with zero attached hydrogens (tertiary/aromatic N) is 4. The van der Waals surface area contributed by atoms with Gasteiger partial charge in [0.15, 0.2) is 17.2 Å². The normalized spacial score (nSPS) is 21.2. The second-order valence-corrected chi connectivity index (χ2v) is 7.28. The zero-order valence-electron chi connectivity index (χ0n) is 16.1. The maximum absolute atomic E-state index is 13.1. The maximum Gasteiger partial charge on any atom is 0.276 e. The minimum Gasteiger partial charge on any atom is -0.486 e. The molecule has 0 radical (unpaired) electrons. The Morgan fingerprint density at radius 2 is 2.04 bits per heavy atom. The number of rotatable bonds is 3. The first-order valence-electron chi connectivity index (χ1n) is 9.42. The van der Waals surface area contributed by atoms with Crippen LogP contribution in [0.25, 0.3) is 5.69 Å². The number of aromatic nitrogens is 3. The first kappa shape index (κ1) is 20.4. The highest BCUT2D eigenvalue weighted by atomic mass is 35.5. The average molecular weight is 408 g/mol. The smallest absolute Gasteiger partial charge is 0.276 e. The van der Waals surface area contributed by atoms with Crippen LogP contribution in [0.3, 0.4) is 0 Å². The summed E-state index contributed by atoms with van der Waals surface area (Å²) in [5, 5.41) is 8.38. The number of hydrogen-bond acceptors (Lipinski definition) is 6. The van der Waals surface area contributed by atoms with Gasteiger partial charge in [0.25, 0.3) is 5.91 Å². The molecule has 2 aromatic rings. The largest absolute Gasteiger partial charge is 0.486 e. The van der Waals surface area contributed by atoms with Crippen molar-refractivity contribution in [3.05, 3.63) is 29.6 Å². The second kappa shape index (κ2) is 8.36. The van der Waals surface area contributed by atoms with E-state index < -0.39 is 0 Å². The number of amides is 1. The molecular weight excluding hydrogens is 382 g/mol. The number of carbonyl (C=O) groups excluding carboxylic acids is 1. The number of carbonyl (C=O) groups is 1. The SMILES string of the molecule is Cc1c(C(=O)N2CCC(C)CC2CN)nnn1-c1ccc2c(c1)OCCO2.Cl. The van der Waals surface area contributed by atoms with Crippen LogP contribution >= 0.6 is 12.4 Å². The summed E-state index contributed by atoms with van der Waals surface area (Å²) in [7, 11) is 0. The molecule has 0 spiro atoms. The molecule has 0 saturated carbocycles. The molecule has 4 rings (SSSR count). The molecule has 2 N–H and O–H groups in total. The van der Waals surface area contributed by atoms with Gasteiger partial charge in [0.1, 0.15) is 13.2 Å². The third kappa shape index (κ3) is 3.66. The predicted octanol–water partition coefficient (Wildman–Crippen LogP) is 1.97. The lowest BCUT2D eigenvalue weighted by molar-refractivity contribution is 0.0566. The van der Waals surface area contributed by atoms with Gasteiger partial charge < -0.3 is 20.1 Å². The van der Waals surface area contributed by atoms with Crippen LogP contribution in [0.5, 0.6) is 11.5 Å². The monoisotopic (exact) mass is 407 g/mol. The minimum atomic E-state index is -0.0985. The van der Waals surface area contributed by atoms with Crippen molar-refractivity contribution in [1.82, 2.24) is 19.9 Å². The summed E-state index contributed by atoms with van der Waals surface area (Å²) in [5.74, 6) is 1.87. The number of nitrogens with two attached hydrogens (primary N) is 1. The molecule has 2 unspecified atom stereocenters. The summed E-state index contributed by atoms with van der Waals surface area (Å²) in [5.41, 5.74) is 7.77. The highest BCUT2D eigenvalue weighted by Gasteiger charge is 2.32. The fourth-order valence-corrected chi connectivity index (χ4v) is 3.81. The molecule has 0 aliphatic carbocycles. The lowest BCUT2D eigenvalue weighted by atomic mass is 9.92. The Labute approximate surface area is 170 Å². The molecule has 0 bridgehead atoms. The van der Waals surface area contributed by atoms with Crippen LogP contribution in [0.4, 0.5) is 0 Å². The standard InChI is InChI=1S/C19H25N5O3.ClH/c1-12-5-6-23(15(9-12)11-20)19(25)18-13(2)24(22-21-18)14-3-4-16-17(10-14)27-8-7-26-16;/h3-4,10,12,15H,5-9,11,20H2,1-2H3;1H. The highest BCUT2D eigenvalue weighted by molar-refractivity contribution is 5.93. The Hall–Kier alpha value is -2.32. The minimum absolute atomic E-state index is 0. The van der Waals surface area contributed by atoms with Crippen molar-refractivity contribution in [3.8, 4) is 17.2 Å². The molecule has 1 fully saturated rings. The Bertz CT molecular complexity index is 856. The van der Waals surface area contributed by atoms with Crippen LogP contribution in [-0.2, 0) is 0 Å². The molecule has 28 heavy (non-hydrogen) atoms. The number of hydrogen-bond donors (Lipinski definition) is 1. The summed E-state index contributed by atoms with van der Waals surface area (Å²) >= 11 is 0. The molecule has 3 heterocycles. The van der Waals surface area contributed by atoms with Gasteiger partial charge in [-0.2, -0.15) is 0 Å². The van der Waals surface area contributed by atoms with Gasteiger partial charge in [-0.05, 0) is 37.8 Å². The summed E-state index contributed by atoms with van der Waals surface area (Å²) in [6.45, 7) is 6.29. The van der Waals surface area contributed by atoms with E-state index in [0.29, 0.717) is 55.1 Å². The van der Waals surface area contributed by atoms with Crippen LogP contribution in [0.1, 0.15) is 35.9 Å². The Balaban J connectivity index is 0.00000225. The van der Waals surface area contributed by atoms with Crippen molar-refractivity contribution in [2.24, 2.45) is 11.7 Å². The number of halogens is 1. The van der Waals surface area contributed by atoms with E-state index in [2.05, 4.69) is 17.2 Å². The summed E-state index contributed by atoms with van der Waals surface area (Å²) in [4.78, 5) is 14.9. The number of ether oxygens (including phenoxy) is 2. The molecule has 2 aliphatic rings. The van der Waals surface area contributed by atoms with E-state index in [-0.39, 0.29) is 24.4 Å². The Kier molecular flexibility index (Phi) is 6.10. The Morgan fingerprint density at radius 3 is 2.79 bits per heavy atom. The van der Waals surface area contributed by atoms with E-state index >= 15 is 0 Å². The van der Waals surface area contributed by atoms with Crippen LogP contribution < -0.4 is 15.2 Å². The fraction of sp³-hybridized carbons (Fsp3) is 0.526. The molecule has 1 aromatic heterocycles. The number of likely N-dealkylation sites (tertiary alicyclic amines) is 1. The van der Waals surface area contributed by atoms with E-state index in [0.717, 1.165) is 18.5 Å². The van der Waals surface area contributed by atoms with Crippen LogP contribution in [0.2, 0.25) is 0 Å². The van der Waals surface area contributed by atoms with Gasteiger partial charge in [-0.3, -0.25) is 4.79 Å². The third-order valence-electron chi connectivity index (χ3n) is 5.38. The molecular formula is C19H26ClN5O3. The van der Waals surface area contributed by atoms with Crippen molar-refractivity contribution in [3.63, 3.8) is 0 Å². The van der Waals surface area contributed by atoms with Crippen LogP contribution in [0.15, 0.2) is 18.2 Å². The van der Waals surface area contributed by atoms with Crippen molar-refractivity contribution in [2.45, 2.75) is 32.7 Å². The zero-order valence-corrected chi connectivity index (χ0v) is 16.9. The first-order valence-corrected chi connectivity index (χ1v) is 9.42. The van der Waals surface area contributed by atoms with E-state index in [9.17, 15) is 4.79 Å². The fourth-order valence-electron chi connectivity index (χ4n) is 3.81. The van der Waals surface area contributed by atoms with Crippen molar-refractivity contribution >= 4 is 18.3 Å². The van der Waals surface area contributed by atoms with E-state index in [1.165, 1.54) is 0 Å². The summed E-state index contributed by atoms with van der Waals surface area (Å²) in [6.07, 6.45) is 1.91. The average Bonchev–Trinajstić information content (AvgIpc) is 3.08. The molecule has 8 nitrogen and oxygen atoms in total. The molecule has 2 atom stereocenters. The molecule has 2 aliphatic heterocycles. The van der Waals surface area contributed by atoms with Gasteiger partial charge in [0.05, 0.1) is 11.4 Å². The van der Waals surface area contributed by atoms with Gasteiger partial charge in [-0.1, -0.05) is 12.1 Å². The maximum atomic E-state index is 13.1. The van der Waals surface area contributed by atoms with Crippen molar-refractivity contribution in [1.29, 1.82) is 0 Å². The van der Waals surface area contributed by atoms with Crippen LogP contribution in [-0.4, -0.2) is 58.1 Å². The van der Waals surface area contributed by atoms with Gasteiger partial charge in [0.2, 0.25) is 0 Å². The lowest BCUT2D eigenvalue weighted by Crippen LogP contribution is -2.49. The summed E-state index contributed by atoms with van der Waals surface area (Å²) in [6, 6.07) is 5.65. The van der Waals surface area contributed by atoms with E-state index in [1.54, 1.807) is 4.68 Å². The van der Waals surface area contributed by atoms with Gasteiger partial charge in [0, 0.05) is 25.2 Å². The van der Waals surface area contributed by atoms with Crippen molar-refractivity contribution in [2.75, 3.05) is 26.3 Å². The van der Waals surface area contributed by atoms with Gasteiger partial charge in [-0.15, -0.1) is 17.5 Å². The highest BCUT2D eigenvalue weighted by Crippen LogP contribution is 2.32. The zero-order chi connectivity index (χ0) is 19.0. The Morgan fingerprint density at radius 1 is 1.29 bits per heavy atom. The molecule has 9 heteroatoms. The lowest BCUT2D eigenvalue weighted by Gasteiger charge is -2.37. The van der Waals surface area contributed by atoms with Crippen LogP contribution in [0, 0.1) is 12.8 Å². The number of benzene rings is 1. The predicted molar refractivity (Wildman–Crippen MR) is 107 cm³/mol. The second-order valence-electron chi connectivity index (χ2n) is 7.28. The van der Waals surface area contributed by atoms with Crippen molar-refractivity contribution < 1.29 is 14.3 Å². The summed E-state index contributed by atoms with van der Waals surface area (Å²) < 4.78 is 12.9. The quantitative estimate of drug-likeness (QED) is 0.835. The topological polar surface area (TPSA) is 95.5 Å². The molecule has 152 valence electrons. The third-order valence-corrected chi connectivity index (χ3v) is 5.38. The molecule has 1 saturated heterocycles. The number of fused-ring (bicyclic) bond motifs is 1. The van der Waals surface area contributed by atoms with Gasteiger partial charge >= 0.3 is 0 Å². The van der Waals surface area contributed by atoms with E-state index in [4.69, 9.17) is 15.2 Å².